The van der Waals surface area contributed by atoms with Crippen LogP contribution in [0.4, 0.5) is 4.79 Å². The second-order valence-electron chi connectivity index (χ2n) is 8.40. The number of ether oxygens (including phenoxy) is 2. The molecule has 0 unspecified atom stereocenters. The van der Waals surface area contributed by atoms with Crippen molar-refractivity contribution in [2.45, 2.75) is 18.8 Å². The number of amides is 2. The average molecular weight is 512 g/mol. The number of nitrogens with zero attached hydrogens (tertiary/aromatic N) is 3. The Balaban J connectivity index is 1.54. The van der Waals surface area contributed by atoms with Gasteiger partial charge >= 0.3 is 12.0 Å². The number of hydrogen-bond acceptors (Lipinski definition) is 7. The molecule has 3 aromatic rings. The summed E-state index contributed by atoms with van der Waals surface area (Å²) < 4.78 is 10.6. The maximum absolute atomic E-state index is 12.6. The largest absolute Gasteiger partial charge is 0.497 e. The molecule has 1 N–H and O–H groups in total. The number of carbonyl (C=O) groups excluding carboxylic acids is 1. The molecule has 9 nitrogen and oxygen atoms in total. The molecule has 4 rings (SSSR count). The normalized spacial score (nSPS) is 13.9. The Hall–Kier alpha value is -3.63. The smallest absolute Gasteiger partial charge is 0.343 e. The van der Waals surface area contributed by atoms with Crippen LogP contribution in [0.2, 0.25) is 0 Å². The van der Waals surface area contributed by atoms with E-state index in [1.54, 1.807) is 30.5 Å². The van der Waals surface area contributed by atoms with E-state index in [9.17, 15) is 9.59 Å². The molecule has 0 spiro atoms. The monoisotopic (exact) mass is 511 g/mol. The highest BCUT2D eigenvalue weighted by atomic mass is 32.1. The summed E-state index contributed by atoms with van der Waals surface area (Å²) in [6, 6.07) is 15.5. The van der Waals surface area contributed by atoms with Crippen LogP contribution in [0.5, 0.6) is 11.5 Å². The third-order valence-electron chi connectivity index (χ3n) is 6.13. The van der Waals surface area contributed by atoms with E-state index in [1.165, 1.54) is 7.05 Å². The first-order chi connectivity index (χ1) is 17.4. The fourth-order valence-corrected chi connectivity index (χ4v) is 5.38. The number of carboxylic acids is 1. The molecule has 0 aliphatic carbocycles. The third kappa shape index (κ3) is 5.77. The minimum Gasteiger partial charge on any atom is -0.497 e. The highest BCUT2D eigenvalue weighted by Gasteiger charge is 2.29. The number of thiazole rings is 1. The lowest BCUT2D eigenvalue weighted by Gasteiger charge is -2.33. The van der Waals surface area contributed by atoms with Crippen LogP contribution in [-0.4, -0.2) is 73.0 Å². The molecule has 2 heterocycles. The number of urea groups is 1. The molecular weight excluding hydrogens is 482 g/mol. The van der Waals surface area contributed by atoms with Gasteiger partial charge in [0, 0.05) is 31.6 Å². The van der Waals surface area contributed by atoms with E-state index in [1.807, 2.05) is 48.5 Å². The highest BCUT2D eigenvalue weighted by molar-refractivity contribution is 7.15. The maximum atomic E-state index is 12.6. The topological polar surface area (TPSA) is 101 Å². The minimum atomic E-state index is -1.13. The van der Waals surface area contributed by atoms with E-state index in [-0.39, 0.29) is 11.9 Å². The van der Waals surface area contributed by atoms with Crippen LogP contribution in [0.25, 0.3) is 21.7 Å². The van der Waals surface area contributed by atoms with Crippen LogP contribution >= 0.6 is 11.3 Å². The van der Waals surface area contributed by atoms with Crippen LogP contribution in [0.1, 0.15) is 23.8 Å². The Morgan fingerprint density at radius 2 is 1.56 bits per heavy atom. The van der Waals surface area contributed by atoms with Crippen LogP contribution in [-0.2, 0) is 9.63 Å². The van der Waals surface area contributed by atoms with Crippen molar-refractivity contribution in [1.29, 1.82) is 0 Å². The van der Waals surface area contributed by atoms with Crippen molar-refractivity contribution in [1.82, 2.24) is 14.9 Å². The number of piperidine rings is 1. The number of hydroxylamine groups is 2. The molecule has 2 amide bonds. The Bertz CT molecular complexity index is 1120. The zero-order chi connectivity index (χ0) is 25.7. The molecule has 0 saturated carbocycles. The molecular formula is C26H29N3O6S. The van der Waals surface area contributed by atoms with Crippen LogP contribution in [0, 0.1) is 0 Å². The van der Waals surface area contributed by atoms with Gasteiger partial charge in [-0.25, -0.2) is 19.6 Å². The maximum Gasteiger partial charge on any atom is 0.343 e. The molecule has 1 aromatic heterocycles. The minimum absolute atomic E-state index is 0.216. The molecule has 1 saturated heterocycles. The van der Waals surface area contributed by atoms with Crippen molar-refractivity contribution in [2.24, 2.45) is 0 Å². The number of methoxy groups -OCH3 is 2. The first kappa shape index (κ1) is 25.5. The number of carbonyl (C=O) groups is 2. The Morgan fingerprint density at radius 1 is 1.00 bits per heavy atom. The summed E-state index contributed by atoms with van der Waals surface area (Å²) in [4.78, 5) is 36.1. The van der Waals surface area contributed by atoms with Crippen molar-refractivity contribution < 1.29 is 29.0 Å². The van der Waals surface area contributed by atoms with Gasteiger partial charge in [0.05, 0.1) is 29.8 Å². The van der Waals surface area contributed by atoms with Crippen LogP contribution in [0.3, 0.4) is 0 Å². The zero-order valence-corrected chi connectivity index (χ0v) is 21.3. The quantitative estimate of drug-likeness (QED) is 0.436. The number of rotatable bonds is 8. The SMILES string of the molecule is COc1ccc(-c2nc(C3CCN(C(=O)N(C)OCC(=O)O)CC3)sc2-c2ccc(OC)cc2)cc1. The second kappa shape index (κ2) is 11.4. The predicted octanol–water partition coefficient (Wildman–Crippen LogP) is 4.74. The van der Waals surface area contributed by atoms with Gasteiger partial charge in [0.2, 0.25) is 0 Å². The van der Waals surface area contributed by atoms with Crippen molar-refractivity contribution in [2.75, 3.05) is 41.0 Å². The lowest BCUT2D eigenvalue weighted by molar-refractivity contribution is -0.160. The summed E-state index contributed by atoms with van der Waals surface area (Å²) in [7, 11) is 4.72. The average Bonchev–Trinajstić information content (AvgIpc) is 3.37. The molecule has 10 heteroatoms. The Labute approximate surface area is 213 Å². The van der Waals surface area contributed by atoms with Crippen molar-refractivity contribution in [3.63, 3.8) is 0 Å². The molecule has 1 fully saturated rings. The van der Waals surface area contributed by atoms with E-state index in [0.29, 0.717) is 13.1 Å². The third-order valence-corrected chi connectivity index (χ3v) is 7.39. The summed E-state index contributed by atoms with van der Waals surface area (Å²) in [6.07, 6.45) is 1.52. The van der Waals surface area contributed by atoms with E-state index in [4.69, 9.17) is 24.4 Å². The Morgan fingerprint density at radius 3 is 2.08 bits per heavy atom. The first-order valence-corrected chi connectivity index (χ1v) is 12.4. The number of benzene rings is 2. The van der Waals surface area contributed by atoms with Gasteiger partial charge in [0.1, 0.15) is 11.5 Å². The summed E-state index contributed by atoms with van der Waals surface area (Å²) in [5, 5.41) is 10.8. The van der Waals surface area contributed by atoms with Crippen molar-refractivity contribution >= 4 is 23.3 Å². The fraction of sp³-hybridized carbons (Fsp3) is 0.346. The summed E-state index contributed by atoms with van der Waals surface area (Å²) >= 11 is 1.68. The van der Waals surface area contributed by atoms with E-state index < -0.39 is 12.6 Å². The Kier molecular flexibility index (Phi) is 8.07. The van der Waals surface area contributed by atoms with Crippen molar-refractivity contribution in [3.8, 4) is 33.2 Å². The molecule has 2 aromatic carbocycles. The first-order valence-electron chi connectivity index (χ1n) is 11.6. The molecule has 0 radical (unpaired) electrons. The molecule has 1 aliphatic heterocycles. The number of hydrogen-bond donors (Lipinski definition) is 1. The second-order valence-corrected chi connectivity index (χ2v) is 9.43. The standard InChI is InChI=1S/C26H29N3O6S/c1-28(35-16-22(30)31)26(32)29-14-12-19(13-15-29)25-27-23(17-4-8-20(33-2)9-5-17)24(36-25)18-6-10-21(34-3)11-7-18/h4-11,19H,12-16H2,1-3H3,(H,30,31). The molecule has 190 valence electrons. The molecule has 0 bridgehead atoms. The summed E-state index contributed by atoms with van der Waals surface area (Å²) in [6.45, 7) is 0.527. The van der Waals surface area contributed by atoms with Gasteiger partial charge in [-0.15, -0.1) is 11.3 Å². The molecule has 36 heavy (non-hydrogen) atoms. The van der Waals surface area contributed by atoms with Gasteiger partial charge in [0.15, 0.2) is 6.61 Å². The highest BCUT2D eigenvalue weighted by Crippen LogP contribution is 2.42. The number of carboxylic acid groups (broad SMARTS) is 1. The summed E-state index contributed by atoms with van der Waals surface area (Å²) in [5.41, 5.74) is 2.99. The molecule has 1 aliphatic rings. The van der Waals surface area contributed by atoms with Gasteiger partial charge in [-0.3, -0.25) is 4.84 Å². The van der Waals surface area contributed by atoms with Gasteiger partial charge in [0.25, 0.3) is 0 Å². The van der Waals surface area contributed by atoms with Gasteiger partial charge in [-0.2, -0.15) is 0 Å². The molecule has 0 atom stereocenters. The van der Waals surface area contributed by atoms with Crippen molar-refractivity contribution in [3.05, 3.63) is 53.5 Å². The zero-order valence-electron chi connectivity index (χ0n) is 20.5. The van der Waals surface area contributed by atoms with Crippen LogP contribution in [0.15, 0.2) is 48.5 Å². The van der Waals surface area contributed by atoms with Gasteiger partial charge in [-0.1, -0.05) is 0 Å². The van der Waals surface area contributed by atoms with E-state index >= 15 is 0 Å². The van der Waals surface area contributed by atoms with Gasteiger partial charge in [-0.05, 0) is 66.9 Å². The summed E-state index contributed by atoms with van der Waals surface area (Å²) in [5.74, 6) is 0.670. The van der Waals surface area contributed by atoms with E-state index in [0.717, 1.165) is 56.1 Å². The number of aromatic nitrogens is 1. The predicted molar refractivity (Wildman–Crippen MR) is 136 cm³/mol. The number of likely N-dealkylation sites (tertiary alicyclic amines) is 1. The fourth-order valence-electron chi connectivity index (χ4n) is 4.12. The lowest BCUT2D eigenvalue weighted by atomic mass is 9.97. The van der Waals surface area contributed by atoms with Gasteiger partial charge < -0.3 is 19.5 Å². The van der Waals surface area contributed by atoms with E-state index in [2.05, 4.69) is 0 Å². The lowest BCUT2D eigenvalue weighted by Crippen LogP contribution is -2.45. The number of aliphatic carboxylic acids is 1. The van der Waals surface area contributed by atoms with Crippen LogP contribution < -0.4 is 9.47 Å².